The van der Waals surface area contributed by atoms with Gasteiger partial charge in [-0.3, -0.25) is 4.79 Å². The van der Waals surface area contributed by atoms with Crippen LogP contribution in [-0.4, -0.2) is 43.6 Å². The Morgan fingerprint density at radius 1 is 1.00 bits per heavy atom. The van der Waals surface area contributed by atoms with Gasteiger partial charge in [0.1, 0.15) is 5.75 Å². The first-order chi connectivity index (χ1) is 11.6. The quantitative estimate of drug-likeness (QED) is 0.852. The number of ether oxygens (including phenoxy) is 1. The average molecular weight is 345 g/mol. The zero-order valence-corrected chi connectivity index (χ0v) is 14.5. The number of hydrogen-bond donors (Lipinski definition) is 0. The van der Waals surface area contributed by atoms with Crippen molar-refractivity contribution in [3.63, 3.8) is 0 Å². The van der Waals surface area contributed by atoms with Crippen LogP contribution in [0.2, 0.25) is 5.02 Å². The predicted octanol–water partition coefficient (Wildman–Crippen LogP) is 3.38. The number of halogens is 1. The molecule has 1 fully saturated rings. The first-order valence-corrected chi connectivity index (χ1v) is 8.47. The number of carbonyl (C=O) groups is 1. The highest BCUT2D eigenvalue weighted by Gasteiger charge is 2.21. The van der Waals surface area contributed by atoms with Crippen molar-refractivity contribution in [3.05, 3.63) is 59.1 Å². The van der Waals surface area contributed by atoms with E-state index < -0.39 is 0 Å². The van der Waals surface area contributed by atoms with Crippen molar-refractivity contribution >= 4 is 23.2 Å². The number of hydrogen-bond acceptors (Lipinski definition) is 3. The van der Waals surface area contributed by atoms with Crippen molar-refractivity contribution in [2.24, 2.45) is 0 Å². The van der Waals surface area contributed by atoms with Gasteiger partial charge in [-0.25, -0.2) is 0 Å². The summed E-state index contributed by atoms with van der Waals surface area (Å²) in [6.07, 6.45) is 0. The summed E-state index contributed by atoms with van der Waals surface area (Å²) in [6.45, 7) is 5.16. The third-order valence-electron chi connectivity index (χ3n) is 4.21. The molecule has 3 rings (SSSR count). The van der Waals surface area contributed by atoms with Gasteiger partial charge in [0.25, 0.3) is 5.91 Å². The summed E-state index contributed by atoms with van der Waals surface area (Å²) in [5, 5.41) is 0.737. The number of aryl methyl sites for hydroxylation is 1. The molecule has 1 aliphatic rings. The summed E-state index contributed by atoms with van der Waals surface area (Å²) in [6, 6.07) is 15.5. The van der Waals surface area contributed by atoms with Crippen molar-refractivity contribution < 1.29 is 9.53 Å². The van der Waals surface area contributed by atoms with Crippen molar-refractivity contribution in [2.45, 2.75) is 6.92 Å². The van der Waals surface area contributed by atoms with Crippen LogP contribution in [0.3, 0.4) is 0 Å². The number of benzene rings is 2. The molecule has 0 aromatic heterocycles. The maximum atomic E-state index is 12.3. The van der Waals surface area contributed by atoms with Crippen molar-refractivity contribution in [1.82, 2.24) is 4.90 Å². The van der Waals surface area contributed by atoms with Crippen LogP contribution >= 0.6 is 11.6 Å². The summed E-state index contributed by atoms with van der Waals surface area (Å²) >= 11 is 5.92. The van der Waals surface area contributed by atoms with Crippen LogP contribution < -0.4 is 9.64 Å². The minimum atomic E-state index is 0.0336. The van der Waals surface area contributed by atoms with Gasteiger partial charge in [0.2, 0.25) is 0 Å². The van der Waals surface area contributed by atoms with Gasteiger partial charge in [-0.1, -0.05) is 29.3 Å². The summed E-state index contributed by atoms with van der Waals surface area (Å²) < 4.78 is 5.58. The predicted molar refractivity (Wildman–Crippen MR) is 96.9 cm³/mol. The Bertz CT molecular complexity index is 678. The first-order valence-electron chi connectivity index (χ1n) is 8.09. The van der Waals surface area contributed by atoms with E-state index in [9.17, 15) is 4.79 Å². The second-order valence-corrected chi connectivity index (χ2v) is 6.38. The number of piperazine rings is 1. The zero-order chi connectivity index (χ0) is 16.9. The molecule has 4 nitrogen and oxygen atoms in total. The van der Waals surface area contributed by atoms with Crippen LogP contribution in [0.15, 0.2) is 48.5 Å². The summed E-state index contributed by atoms with van der Waals surface area (Å²) in [5.74, 6) is 0.764. The second kappa shape index (κ2) is 7.58. The molecule has 0 saturated carbocycles. The molecule has 0 spiro atoms. The average Bonchev–Trinajstić information content (AvgIpc) is 2.62. The van der Waals surface area contributed by atoms with Crippen molar-refractivity contribution in [1.29, 1.82) is 0 Å². The zero-order valence-electron chi connectivity index (χ0n) is 13.7. The van der Waals surface area contributed by atoms with Gasteiger partial charge in [0.05, 0.1) is 0 Å². The third kappa shape index (κ3) is 4.20. The number of amides is 1. The van der Waals surface area contributed by atoms with Crippen molar-refractivity contribution in [3.8, 4) is 5.75 Å². The van der Waals surface area contributed by atoms with E-state index in [1.165, 1.54) is 5.56 Å². The van der Waals surface area contributed by atoms with Gasteiger partial charge < -0.3 is 14.5 Å². The van der Waals surface area contributed by atoms with Crippen LogP contribution in [0.4, 0.5) is 5.69 Å². The summed E-state index contributed by atoms with van der Waals surface area (Å²) in [7, 11) is 0. The van der Waals surface area contributed by atoms with Crippen LogP contribution in [-0.2, 0) is 4.79 Å². The van der Waals surface area contributed by atoms with E-state index in [-0.39, 0.29) is 12.5 Å². The molecule has 1 aliphatic heterocycles. The maximum absolute atomic E-state index is 12.3. The Morgan fingerprint density at radius 3 is 2.25 bits per heavy atom. The molecule has 24 heavy (non-hydrogen) atoms. The topological polar surface area (TPSA) is 32.8 Å². The molecule has 1 saturated heterocycles. The van der Waals surface area contributed by atoms with E-state index in [0.29, 0.717) is 13.1 Å². The van der Waals surface area contributed by atoms with Gasteiger partial charge in [0.15, 0.2) is 6.61 Å². The van der Waals surface area contributed by atoms with E-state index in [1.54, 1.807) is 0 Å². The van der Waals surface area contributed by atoms with Gasteiger partial charge >= 0.3 is 0 Å². The molecule has 1 heterocycles. The fraction of sp³-hybridized carbons (Fsp3) is 0.316. The van der Waals surface area contributed by atoms with E-state index in [0.717, 1.165) is 29.5 Å². The smallest absolute Gasteiger partial charge is 0.260 e. The Labute approximate surface area is 147 Å². The molecular weight excluding hydrogens is 324 g/mol. The fourth-order valence-electron chi connectivity index (χ4n) is 2.74. The van der Waals surface area contributed by atoms with E-state index in [2.05, 4.69) is 4.90 Å². The monoisotopic (exact) mass is 344 g/mol. The molecule has 0 aliphatic carbocycles. The van der Waals surface area contributed by atoms with E-state index in [1.807, 2.05) is 60.4 Å². The molecule has 126 valence electrons. The number of anilines is 1. The lowest BCUT2D eigenvalue weighted by atomic mass is 10.2. The van der Waals surface area contributed by atoms with Crippen LogP contribution in [0.5, 0.6) is 5.75 Å². The highest BCUT2D eigenvalue weighted by Crippen LogP contribution is 2.19. The number of rotatable bonds is 4. The van der Waals surface area contributed by atoms with Gasteiger partial charge in [-0.05, 0) is 43.3 Å². The molecule has 0 atom stereocenters. The lowest BCUT2D eigenvalue weighted by Gasteiger charge is -2.36. The minimum Gasteiger partial charge on any atom is -0.484 e. The van der Waals surface area contributed by atoms with Gasteiger partial charge in [0, 0.05) is 36.9 Å². The van der Waals surface area contributed by atoms with Crippen LogP contribution in [0, 0.1) is 6.92 Å². The Kier molecular flexibility index (Phi) is 5.26. The second-order valence-electron chi connectivity index (χ2n) is 5.95. The molecule has 2 aromatic rings. The Balaban J connectivity index is 1.48. The molecule has 0 bridgehead atoms. The number of nitrogens with zero attached hydrogens (tertiary/aromatic N) is 2. The molecule has 0 radical (unpaired) electrons. The molecular formula is C19H21ClN2O2. The van der Waals surface area contributed by atoms with Gasteiger partial charge in [-0.2, -0.15) is 0 Å². The Hall–Kier alpha value is -2.20. The molecule has 2 aromatic carbocycles. The fourth-order valence-corrected chi connectivity index (χ4v) is 2.86. The normalized spacial score (nSPS) is 14.6. The molecule has 0 unspecified atom stereocenters. The largest absolute Gasteiger partial charge is 0.484 e. The lowest BCUT2D eigenvalue weighted by Crippen LogP contribution is -2.50. The lowest BCUT2D eigenvalue weighted by molar-refractivity contribution is -0.133. The maximum Gasteiger partial charge on any atom is 0.260 e. The summed E-state index contributed by atoms with van der Waals surface area (Å²) in [5.41, 5.74) is 2.31. The first kappa shape index (κ1) is 16.7. The highest BCUT2D eigenvalue weighted by molar-refractivity contribution is 6.30. The Morgan fingerprint density at radius 2 is 1.62 bits per heavy atom. The number of carbonyl (C=O) groups excluding carboxylic acids is 1. The third-order valence-corrected chi connectivity index (χ3v) is 4.46. The SMILES string of the molecule is Cc1ccc(OCC(=O)N2CCN(c3ccc(Cl)cc3)CC2)cc1. The van der Waals surface area contributed by atoms with Gasteiger partial charge in [-0.15, -0.1) is 0 Å². The molecule has 1 amide bonds. The van der Waals surface area contributed by atoms with Crippen LogP contribution in [0.25, 0.3) is 0 Å². The van der Waals surface area contributed by atoms with E-state index >= 15 is 0 Å². The molecule has 0 N–H and O–H groups in total. The minimum absolute atomic E-state index is 0.0336. The summed E-state index contributed by atoms with van der Waals surface area (Å²) in [4.78, 5) is 16.4. The van der Waals surface area contributed by atoms with Crippen molar-refractivity contribution in [2.75, 3.05) is 37.7 Å². The highest BCUT2D eigenvalue weighted by atomic mass is 35.5. The van der Waals surface area contributed by atoms with Crippen LogP contribution in [0.1, 0.15) is 5.56 Å². The van der Waals surface area contributed by atoms with E-state index in [4.69, 9.17) is 16.3 Å². The molecule has 5 heteroatoms. The standard InChI is InChI=1S/C19H21ClN2O2/c1-15-2-8-18(9-3-15)24-14-19(23)22-12-10-21(11-13-22)17-6-4-16(20)5-7-17/h2-9H,10-14H2,1H3.